The molecule has 0 radical (unpaired) electrons. The fourth-order valence-electron chi connectivity index (χ4n) is 1.61. The summed E-state index contributed by atoms with van der Waals surface area (Å²) < 4.78 is 5.28. The van der Waals surface area contributed by atoms with Crippen LogP contribution in [0.25, 0.3) is 11.4 Å². The van der Waals surface area contributed by atoms with E-state index in [1.165, 1.54) is 0 Å². The molecular weight excluding hydrogens is 214 g/mol. The second-order valence-corrected chi connectivity index (χ2v) is 3.77. The first-order chi connectivity index (χ1) is 8.40. The van der Waals surface area contributed by atoms with E-state index in [1.54, 1.807) is 0 Å². The molecule has 1 aromatic carbocycles. The molecular formula is C13H17N3O. The normalized spacial score (nSPS) is 10.6. The van der Waals surface area contributed by atoms with E-state index >= 15 is 0 Å². The zero-order chi connectivity index (χ0) is 11.9. The van der Waals surface area contributed by atoms with Crippen molar-refractivity contribution in [2.75, 3.05) is 13.2 Å². The highest BCUT2D eigenvalue weighted by atomic mass is 16.5. The van der Waals surface area contributed by atoms with Crippen LogP contribution in [0.5, 0.6) is 0 Å². The number of hydrogen-bond acceptors (Lipinski definition) is 3. The van der Waals surface area contributed by atoms with Crippen LogP contribution in [-0.4, -0.2) is 28.4 Å². The third kappa shape index (κ3) is 3.39. The molecule has 1 aromatic heterocycles. The highest BCUT2D eigenvalue weighted by Crippen LogP contribution is 2.13. The van der Waals surface area contributed by atoms with Gasteiger partial charge < -0.3 is 4.74 Å². The monoisotopic (exact) mass is 231 g/mol. The number of H-pyrrole nitrogens is 1. The zero-order valence-electron chi connectivity index (χ0n) is 10.0. The van der Waals surface area contributed by atoms with E-state index in [-0.39, 0.29) is 0 Å². The topological polar surface area (TPSA) is 50.8 Å². The van der Waals surface area contributed by atoms with Gasteiger partial charge in [0.1, 0.15) is 5.82 Å². The molecule has 1 N–H and O–H groups in total. The van der Waals surface area contributed by atoms with Crippen molar-refractivity contribution in [2.45, 2.75) is 19.8 Å². The van der Waals surface area contributed by atoms with Gasteiger partial charge in [0.25, 0.3) is 0 Å². The maximum Gasteiger partial charge on any atom is 0.181 e. The third-order valence-electron chi connectivity index (χ3n) is 2.47. The van der Waals surface area contributed by atoms with Crippen molar-refractivity contribution in [1.82, 2.24) is 15.2 Å². The molecule has 17 heavy (non-hydrogen) atoms. The predicted molar refractivity (Wildman–Crippen MR) is 66.6 cm³/mol. The third-order valence-corrected chi connectivity index (χ3v) is 2.47. The average Bonchev–Trinajstić information content (AvgIpc) is 2.85. The average molecular weight is 231 g/mol. The molecule has 0 unspecified atom stereocenters. The molecule has 2 rings (SSSR count). The maximum atomic E-state index is 5.28. The first-order valence-electron chi connectivity index (χ1n) is 5.94. The predicted octanol–water partition coefficient (Wildman–Crippen LogP) is 2.44. The standard InChI is InChI=1S/C13H17N3O/c1-2-17-10-6-9-12-14-13(16-15-12)11-7-4-3-5-8-11/h3-5,7-8H,2,6,9-10H2,1H3,(H,14,15,16). The Labute approximate surface area is 101 Å². The van der Waals surface area contributed by atoms with Gasteiger partial charge in [-0.2, -0.15) is 5.10 Å². The van der Waals surface area contributed by atoms with Crippen LogP contribution < -0.4 is 0 Å². The van der Waals surface area contributed by atoms with Crippen LogP contribution in [0.15, 0.2) is 30.3 Å². The van der Waals surface area contributed by atoms with Crippen LogP contribution in [0.1, 0.15) is 19.2 Å². The summed E-state index contributed by atoms with van der Waals surface area (Å²) in [6, 6.07) is 9.97. The van der Waals surface area contributed by atoms with Crippen molar-refractivity contribution in [3.8, 4) is 11.4 Å². The molecule has 2 aromatic rings. The molecule has 0 aliphatic heterocycles. The summed E-state index contributed by atoms with van der Waals surface area (Å²) in [6.45, 7) is 3.55. The lowest BCUT2D eigenvalue weighted by Gasteiger charge is -1.97. The smallest absolute Gasteiger partial charge is 0.181 e. The number of aromatic nitrogens is 3. The minimum atomic E-state index is 0.761. The molecule has 0 aliphatic carbocycles. The lowest BCUT2D eigenvalue weighted by atomic mass is 10.2. The summed E-state index contributed by atoms with van der Waals surface area (Å²) in [5.41, 5.74) is 1.04. The molecule has 1 heterocycles. The number of benzene rings is 1. The highest BCUT2D eigenvalue weighted by Gasteiger charge is 2.04. The van der Waals surface area contributed by atoms with Crippen molar-refractivity contribution >= 4 is 0 Å². The molecule has 0 saturated carbocycles. The van der Waals surface area contributed by atoms with Crippen molar-refractivity contribution in [1.29, 1.82) is 0 Å². The number of ether oxygens (including phenoxy) is 1. The van der Waals surface area contributed by atoms with Gasteiger partial charge in [0.2, 0.25) is 0 Å². The minimum Gasteiger partial charge on any atom is -0.382 e. The van der Waals surface area contributed by atoms with Crippen molar-refractivity contribution in [3.05, 3.63) is 36.2 Å². The number of nitrogens with one attached hydrogen (secondary N) is 1. The maximum absolute atomic E-state index is 5.28. The second-order valence-electron chi connectivity index (χ2n) is 3.77. The molecule has 0 spiro atoms. The Morgan fingerprint density at radius 2 is 2.06 bits per heavy atom. The van der Waals surface area contributed by atoms with Crippen LogP contribution in [0, 0.1) is 0 Å². The Morgan fingerprint density at radius 3 is 2.82 bits per heavy atom. The van der Waals surface area contributed by atoms with Crippen molar-refractivity contribution < 1.29 is 4.74 Å². The summed E-state index contributed by atoms with van der Waals surface area (Å²) in [5, 5.41) is 7.17. The quantitative estimate of drug-likeness (QED) is 0.777. The largest absolute Gasteiger partial charge is 0.382 e. The Morgan fingerprint density at radius 1 is 1.24 bits per heavy atom. The second kappa shape index (κ2) is 6.15. The first kappa shape index (κ1) is 11.8. The summed E-state index contributed by atoms with van der Waals surface area (Å²) in [6.07, 6.45) is 1.84. The number of hydrogen-bond donors (Lipinski definition) is 1. The van der Waals surface area contributed by atoms with Gasteiger partial charge in [-0.1, -0.05) is 30.3 Å². The molecule has 0 saturated heterocycles. The number of aromatic amines is 1. The lowest BCUT2D eigenvalue weighted by Crippen LogP contribution is -1.97. The van der Waals surface area contributed by atoms with Gasteiger partial charge in [-0.25, -0.2) is 4.98 Å². The molecule has 0 fully saturated rings. The van der Waals surface area contributed by atoms with Crippen molar-refractivity contribution in [2.24, 2.45) is 0 Å². The van der Waals surface area contributed by atoms with Crippen molar-refractivity contribution in [3.63, 3.8) is 0 Å². The zero-order valence-corrected chi connectivity index (χ0v) is 10.0. The van der Waals surface area contributed by atoms with Gasteiger partial charge in [-0.3, -0.25) is 5.10 Å². The summed E-state index contributed by atoms with van der Waals surface area (Å²) in [5.74, 6) is 1.68. The first-order valence-corrected chi connectivity index (χ1v) is 5.94. The molecule has 0 aliphatic rings. The van der Waals surface area contributed by atoms with E-state index in [9.17, 15) is 0 Å². The summed E-state index contributed by atoms with van der Waals surface area (Å²) in [7, 11) is 0. The van der Waals surface area contributed by atoms with E-state index < -0.39 is 0 Å². The van der Waals surface area contributed by atoms with Gasteiger partial charge in [0.05, 0.1) is 0 Å². The molecule has 4 heteroatoms. The molecule has 0 atom stereocenters. The molecule has 4 nitrogen and oxygen atoms in total. The van der Waals surface area contributed by atoms with Crippen LogP contribution in [0.3, 0.4) is 0 Å². The van der Waals surface area contributed by atoms with E-state index in [0.29, 0.717) is 0 Å². The van der Waals surface area contributed by atoms with Crippen LogP contribution in [0.4, 0.5) is 0 Å². The minimum absolute atomic E-state index is 0.761. The van der Waals surface area contributed by atoms with Gasteiger partial charge >= 0.3 is 0 Å². The summed E-state index contributed by atoms with van der Waals surface area (Å²) in [4.78, 5) is 4.46. The molecule has 0 amide bonds. The SMILES string of the molecule is CCOCCCc1nc(-c2ccccc2)n[nH]1. The Bertz CT molecular complexity index is 439. The van der Waals surface area contributed by atoms with E-state index in [2.05, 4.69) is 15.2 Å². The van der Waals surface area contributed by atoms with Crippen LogP contribution in [0.2, 0.25) is 0 Å². The van der Waals surface area contributed by atoms with E-state index in [0.717, 1.165) is 43.3 Å². The van der Waals surface area contributed by atoms with Gasteiger partial charge in [0, 0.05) is 25.2 Å². The molecule has 90 valence electrons. The summed E-state index contributed by atoms with van der Waals surface area (Å²) >= 11 is 0. The highest BCUT2D eigenvalue weighted by molar-refractivity contribution is 5.53. The fourth-order valence-corrected chi connectivity index (χ4v) is 1.61. The number of aryl methyl sites for hydroxylation is 1. The lowest BCUT2D eigenvalue weighted by molar-refractivity contribution is 0.145. The van der Waals surface area contributed by atoms with Gasteiger partial charge in [0.15, 0.2) is 5.82 Å². The van der Waals surface area contributed by atoms with Crippen LogP contribution in [-0.2, 0) is 11.2 Å². The fraction of sp³-hybridized carbons (Fsp3) is 0.385. The number of rotatable bonds is 6. The Kier molecular flexibility index (Phi) is 4.27. The van der Waals surface area contributed by atoms with E-state index in [1.807, 2.05) is 37.3 Å². The molecule has 0 bridgehead atoms. The van der Waals surface area contributed by atoms with Crippen LogP contribution >= 0.6 is 0 Å². The Balaban J connectivity index is 1.92. The Hall–Kier alpha value is -1.68. The van der Waals surface area contributed by atoms with Gasteiger partial charge in [-0.05, 0) is 13.3 Å². The van der Waals surface area contributed by atoms with E-state index in [4.69, 9.17) is 4.74 Å². The number of nitrogens with zero attached hydrogens (tertiary/aromatic N) is 2. The van der Waals surface area contributed by atoms with Gasteiger partial charge in [-0.15, -0.1) is 0 Å².